The summed E-state index contributed by atoms with van der Waals surface area (Å²) in [5.41, 5.74) is -0.647. The SMILES string of the molecule is N#CCC(=O)NC(CO)(CO)c1ccccc1. The topological polar surface area (TPSA) is 93.4 Å². The number of rotatable bonds is 5. The Morgan fingerprint density at radius 1 is 1.29 bits per heavy atom. The molecular formula is C12H14N2O3. The van der Waals surface area contributed by atoms with Gasteiger partial charge < -0.3 is 15.5 Å². The molecule has 0 unspecified atom stereocenters. The lowest BCUT2D eigenvalue weighted by atomic mass is 9.91. The number of hydrogen-bond acceptors (Lipinski definition) is 4. The largest absolute Gasteiger partial charge is 0.393 e. The molecule has 0 radical (unpaired) electrons. The Balaban J connectivity index is 2.98. The van der Waals surface area contributed by atoms with Crippen LogP contribution in [0.4, 0.5) is 0 Å². The van der Waals surface area contributed by atoms with Gasteiger partial charge >= 0.3 is 0 Å². The van der Waals surface area contributed by atoms with Crippen molar-refractivity contribution in [2.75, 3.05) is 13.2 Å². The van der Waals surface area contributed by atoms with Crippen molar-refractivity contribution in [2.45, 2.75) is 12.0 Å². The number of carbonyl (C=O) groups is 1. The van der Waals surface area contributed by atoms with Crippen molar-refractivity contribution in [3.63, 3.8) is 0 Å². The fraction of sp³-hybridized carbons (Fsp3) is 0.333. The first kappa shape index (κ1) is 13.2. The van der Waals surface area contributed by atoms with Crippen LogP contribution >= 0.6 is 0 Å². The minimum atomic E-state index is -1.24. The summed E-state index contributed by atoms with van der Waals surface area (Å²) < 4.78 is 0. The molecule has 0 spiro atoms. The highest BCUT2D eigenvalue weighted by Gasteiger charge is 2.32. The molecule has 3 N–H and O–H groups in total. The zero-order valence-corrected chi connectivity index (χ0v) is 9.26. The number of aliphatic hydroxyl groups is 2. The Kier molecular flexibility index (Phi) is 4.64. The van der Waals surface area contributed by atoms with Crippen LogP contribution in [0, 0.1) is 11.3 Å². The fourth-order valence-electron chi connectivity index (χ4n) is 1.52. The van der Waals surface area contributed by atoms with Gasteiger partial charge in [-0.1, -0.05) is 30.3 Å². The number of carbonyl (C=O) groups excluding carboxylic acids is 1. The van der Waals surface area contributed by atoms with Gasteiger partial charge in [0.1, 0.15) is 12.0 Å². The molecule has 0 bridgehead atoms. The summed E-state index contributed by atoms with van der Waals surface area (Å²) in [4.78, 5) is 11.4. The molecule has 1 aromatic carbocycles. The first-order valence-corrected chi connectivity index (χ1v) is 5.14. The molecule has 0 atom stereocenters. The van der Waals surface area contributed by atoms with E-state index in [1.165, 1.54) is 0 Å². The standard InChI is InChI=1S/C12H14N2O3/c13-7-6-11(17)14-12(8-15,9-16)10-4-2-1-3-5-10/h1-5,15-16H,6,8-9H2,(H,14,17). The second-order valence-electron chi connectivity index (χ2n) is 3.65. The van der Waals surface area contributed by atoms with Crippen molar-refractivity contribution in [3.8, 4) is 6.07 Å². The summed E-state index contributed by atoms with van der Waals surface area (Å²) >= 11 is 0. The van der Waals surface area contributed by atoms with Crippen LogP contribution in [0.3, 0.4) is 0 Å². The van der Waals surface area contributed by atoms with Crippen LogP contribution in [0.15, 0.2) is 30.3 Å². The Morgan fingerprint density at radius 2 is 1.88 bits per heavy atom. The molecule has 0 saturated carbocycles. The van der Waals surface area contributed by atoms with Gasteiger partial charge in [0.25, 0.3) is 0 Å². The van der Waals surface area contributed by atoms with Gasteiger partial charge in [0.15, 0.2) is 0 Å². The molecule has 0 aliphatic rings. The molecule has 17 heavy (non-hydrogen) atoms. The molecule has 0 aliphatic carbocycles. The van der Waals surface area contributed by atoms with Crippen LogP contribution in [-0.4, -0.2) is 29.3 Å². The van der Waals surface area contributed by atoms with E-state index < -0.39 is 24.7 Å². The number of amides is 1. The zero-order valence-electron chi connectivity index (χ0n) is 9.26. The molecule has 90 valence electrons. The minimum absolute atomic E-state index is 0.311. The third-order valence-corrected chi connectivity index (χ3v) is 2.48. The number of aliphatic hydroxyl groups excluding tert-OH is 2. The highest BCUT2D eigenvalue weighted by molar-refractivity contribution is 5.79. The van der Waals surface area contributed by atoms with Crippen molar-refractivity contribution in [1.29, 1.82) is 5.26 Å². The number of benzene rings is 1. The molecule has 5 nitrogen and oxygen atoms in total. The normalized spacial score (nSPS) is 10.6. The van der Waals surface area contributed by atoms with E-state index in [1.807, 2.05) is 0 Å². The summed E-state index contributed by atoms with van der Waals surface area (Å²) in [6.45, 7) is -0.880. The number of hydrogen-bond donors (Lipinski definition) is 3. The van der Waals surface area contributed by atoms with Crippen molar-refractivity contribution in [3.05, 3.63) is 35.9 Å². The third-order valence-electron chi connectivity index (χ3n) is 2.48. The Labute approximate surface area is 99.3 Å². The first-order valence-electron chi connectivity index (χ1n) is 5.14. The fourth-order valence-corrected chi connectivity index (χ4v) is 1.52. The van der Waals surface area contributed by atoms with Gasteiger partial charge in [-0.3, -0.25) is 4.79 Å². The summed E-state index contributed by atoms with van der Waals surface area (Å²) in [5.74, 6) is -0.528. The van der Waals surface area contributed by atoms with Gasteiger partial charge in [0.2, 0.25) is 5.91 Å². The van der Waals surface area contributed by atoms with Gasteiger partial charge in [-0.25, -0.2) is 0 Å². The zero-order chi connectivity index (χ0) is 12.7. The highest BCUT2D eigenvalue weighted by atomic mass is 16.3. The first-order chi connectivity index (χ1) is 8.18. The molecule has 0 aromatic heterocycles. The van der Waals surface area contributed by atoms with E-state index in [-0.39, 0.29) is 6.42 Å². The van der Waals surface area contributed by atoms with E-state index >= 15 is 0 Å². The molecule has 0 aliphatic heterocycles. The molecular weight excluding hydrogens is 220 g/mol. The van der Waals surface area contributed by atoms with E-state index in [4.69, 9.17) is 5.26 Å². The van der Waals surface area contributed by atoms with E-state index in [1.54, 1.807) is 36.4 Å². The van der Waals surface area contributed by atoms with Gasteiger partial charge in [0, 0.05) is 0 Å². The van der Waals surface area contributed by atoms with Crippen LogP contribution < -0.4 is 5.32 Å². The Bertz CT molecular complexity index is 408. The predicted molar refractivity (Wildman–Crippen MR) is 60.7 cm³/mol. The highest BCUT2D eigenvalue weighted by Crippen LogP contribution is 2.20. The second-order valence-corrected chi connectivity index (χ2v) is 3.65. The molecule has 5 heteroatoms. The monoisotopic (exact) mass is 234 g/mol. The van der Waals surface area contributed by atoms with Gasteiger partial charge in [-0.05, 0) is 5.56 Å². The summed E-state index contributed by atoms with van der Waals surface area (Å²) in [7, 11) is 0. The Hall–Kier alpha value is -1.90. The number of nitrogens with one attached hydrogen (secondary N) is 1. The average Bonchev–Trinajstić information content (AvgIpc) is 2.37. The smallest absolute Gasteiger partial charge is 0.235 e. The molecule has 1 rings (SSSR count). The number of nitriles is 1. The van der Waals surface area contributed by atoms with Crippen LogP contribution in [-0.2, 0) is 10.3 Å². The second kappa shape index (κ2) is 5.99. The van der Waals surface area contributed by atoms with Crippen molar-refractivity contribution in [1.82, 2.24) is 5.32 Å². The van der Waals surface area contributed by atoms with E-state index in [0.29, 0.717) is 5.56 Å². The number of nitrogens with zero attached hydrogens (tertiary/aromatic N) is 1. The maximum Gasteiger partial charge on any atom is 0.235 e. The lowest BCUT2D eigenvalue weighted by Crippen LogP contribution is -2.51. The van der Waals surface area contributed by atoms with Crippen molar-refractivity contribution in [2.24, 2.45) is 0 Å². The third kappa shape index (κ3) is 3.03. The minimum Gasteiger partial charge on any atom is -0.393 e. The lowest BCUT2D eigenvalue weighted by molar-refractivity contribution is -0.123. The molecule has 0 fully saturated rings. The van der Waals surface area contributed by atoms with Crippen molar-refractivity contribution < 1.29 is 15.0 Å². The van der Waals surface area contributed by atoms with Crippen LogP contribution in [0.5, 0.6) is 0 Å². The van der Waals surface area contributed by atoms with Crippen LogP contribution in [0.1, 0.15) is 12.0 Å². The summed E-state index contributed by atoms with van der Waals surface area (Å²) in [6.07, 6.45) is -0.311. The molecule has 1 amide bonds. The summed E-state index contributed by atoms with van der Waals surface area (Å²) in [6, 6.07) is 10.4. The van der Waals surface area contributed by atoms with Crippen molar-refractivity contribution >= 4 is 5.91 Å². The van der Waals surface area contributed by atoms with E-state index in [2.05, 4.69) is 5.32 Å². The maximum absolute atomic E-state index is 11.4. The lowest BCUT2D eigenvalue weighted by Gasteiger charge is -2.31. The molecule has 1 aromatic rings. The van der Waals surface area contributed by atoms with Gasteiger partial charge in [-0.15, -0.1) is 0 Å². The molecule has 0 saturated heterocycles. The average molecular weight is 234 g/mol. The van der Waals surface area contributed by atoms with E-state index in [0.717, 1.165) is 0 Å². The van der Waals surface area contributed by atoms with Crippen LogP contribution in [0.25, 0.3) is 0 Å². The van der Waals surface area contributed by atoms with Crippen LogP contribution in [0.2, 0.25) is 0 Å². The molecule has 0 heterocycles. The maximum atomic E-state index is 11.4. The quantitative estimate of drug-likeness (QED) is 0.663. The van der Waals surface area contributed by atoms with Gasteiger partial charge in [-0.2, -0.15) is 5.26 Å². The van der Waals surface area contributed by atoms with E-state index in [9.17, 15) is 15.0 Å². The van der Waals surface area contributed by atoms with Gasteiger partial charge in [0.05, 0.1) is 19.3 Å². The predicted octanol–water partition coefficient (Wildman–Crippen LogP) is -0.104. The summed E-state index contributed by atoms with van der Waals surface area (Å²) in [5, 5.41) is 29.7. The Morgan fingerprint density at radius 3 is 2.35 bits per heavy atom.